The SMILES string of the molecule is CCCOc1ccc(C=C2CCn3c2nc2cc(NC(=O)C(=O)O)ccc2c3=O)cc1. The monoisotopic (exact) mass is 419 g/mol. The van der Waals surface area contributed by atoms with Crippen LogP contribution in [0.15, 0.2) is 47.3 Å². The lowest BCUT2D eigenvalue weighted by Gasteiger charge is -2.08. The molecular weight excluding hydrogens is 398 g/mol. The molecule has 0 spiro atoms. The summed E-state index contributed by atoms with van der Waals surface area (Å²) < 4.78 is 7.25. The van der Waals surface area contributed by atoms with Crippen LogP contribution in [0.1, 0.15) is 31.2 Å². The normalized spacial score (nSPS) is 13.9. The maximum absolute atomic E-state index is 12.9. The summed E-state index contributed by atoms with van der Waals surface area (Å²) in [6.07, 6.45) is 3.62. The highest BCUT2D eigenvalue weighted by molar-refractivity contribution is 6.36. The summed E-state index contributed by atoms with van der Waals surface area (Å²) in [5.41, 5.74) is 2.41. The zero-order valence-corrected chi connectivity index (χ0v) is 16.9. The highest BCUT2D eigenvalue weighted by Gasteiger charge is 2.21. The van der Waals surface area contributed by atoms with Crippen molar-refractivity contribution in [2.45, 2.75) is 26.3 Å². The van der Waals surface area contributed by atoms with E-state index in [1.807, 2.05) is 30.3 Å². The second-order valence-electron chi connectivity index (χ2n) is 7.22. The summed E-state index contributed by atoms with van der Waals surface area (Å²) in [6.45, 7) is 3.26. The first-order valence-electron chi connectivity index (χ1n) is 9.99. The Kier molecular flexibility index (Phi) is 5.53. The minimum absolute atomic E-state index is 0.164. The quantitative estimate of drug-likeness (QED) is 0.615. The van der Waals surface area contributed by atoms with Gasteiger partial charge in [-0.25, -0.2) is 9.78 Å². The van der Waals surface area contributed by atoms with Gasteiger partial charge in [0.25, 0.3) is 5.56 Å². The number of nitrogens with one attached hydrogen (secondary N) is 1. The number of aromatic nitrogens is 2. The van der Waals surface area contributed by atoms with Crippen LogP contribution in [0.4, 0.5) is 5.69 Å². The number of rotatable bonds is 5. The van der Waals surface area contributed by atoms with Crippen molar-refractivity contribution in [2.24, 2.45) is 0 Å². The van der Waals surface area contributed by atoms with Gasteiger partial charge in [-0.2, -0.15) is 0 Å². The largest absolute Gasteiger partial charge is 0.494 e. The Balaban J connectivity index is 1.68. The van der Waals surface area contributed by atoms with E-state index in [0.29, 0.717) is 36.3 Å². The number of hydrogen-bond donors (Lipinski definition) is 2. The molecular formula is C23H21N3O5. The highest BCUT2D eigenvalue weighted by atomic mass is 16.5. The van der Waals surface area contributed by atoms with Gasteiger partial charge >= 0.3 is 11.9 Å². The molecule has 0 saturated heterocycles. The molecule has 1 aliphatic heterocycles. The fourth-order valence-electron chi connectivity index (χ4n) is 3.50. The van der Waals surface area contributed by atoms with Crippen molar-refractivity contribution in [2.75, 3.05) is 11.9 Å². The van der Waals surface area contributed by atoms with Crippen molar-refractivity contribution < 1.29 is 19.4 Å². The Bertz CT molecular complexity index is 1260. The summed E-state index contributed by atoms with van der Waals surface area (Å²) in [4.78, 5) is 39.7. The topological polar surface area (TPSA) is 111 Å². The van der Waals surface area contributed by atoms with Crippen molar-refractivity contribution in [3.63, 3.8) is 0 Å². The molecule has 0 bridgehead atoms. The van der Waals surface area contributed by atoms with Crippen molar-refractivity contribution in [3.8, 4) is 5.75 Å². The number of anilines is 1. The van der Waals surface area contributed by atoms with Crippen LogP contribution in [0.3, 0.4) is 0 Å². The third-order valence-corrected chi connectivity index (χ3v) is 4.99. The van der Waals surface area contributed by atoms with E-state index in [2.05, 4.69) is 17.2 Å². The van der Waals surface area contributed by atoms with E-state index in [4.69, 9.17) is 9.84 Å². The number of aliphatic carboxylic acids is 1. The maximum Gasteiger partial charge on any atom is 0.394 e. The Labute approximate surface area is 177 Å². The van der Waals surface area contributed by atoms with Crippen molar-refractivity contribution in [1.29, 1.82) is 0 Å². The number of amides is 1. The first-order chi connectivity index (χ1) is 15.0. The number of ether oxygens (including phenoxy) is 1. The van der Waals surface area contributed by atoms with Gasteiger partial charge < -0.3 is 15.2 Å². The van der Waals surface area contributed by atoms with Crippen LogP contribution in [0, 0.1) is 0 Å². The lowest BCUT2D eigenvalue weighted by molar-refractivity contribution is -0.147. The van der Waals surface area contributed by atoms with E-state index < -0.39 is 11.9 Å². The molecule has 0 fully saturated rings. The summed E-state index contributed by atoms with van der Waals surface area (Å²) in [5.74, 6) is -1.35. The van der Waals surface area contributed by atoms with Gasteiger partial charge in [0, 0.05) is 12.2 Å². The van der Waals surface area contributed by atoms with Crippen LogP contribution in [-0.2, 0) is 16.1 Å². The minimum Gasteiger partial charge on any atom is -0.494 e. The molecule has 8 heteroatoms. The molecule has 4 rings (SSSR count). The van der Waals surface area contributed by atoms with Crippen molar-refractivity contribution >= 4 is 40.1 Å². The van der Waals surface area contributed by atoms with E-state index >= 15 is 0 Å². The van der Waals surface area contributed by atoms with Crippen molar-refractivity contribution in [1.82, 2.24) is 9.55 Å². The molecule has 1 aliphatic rings. The molecule has 3 aromatic rings. The van der Waals surface area contributed by atoms with Gasteiger partial charge in [0.1, 0.15) is 11.6 Å². The van der Waals surface area contributed by atoms with Gasteiger partial charge in [-0.15, -0.1) is 0 Å². The highest BCUT2D eigenvalue weighted by Crippen LogP contribution is 2.28. The molecule has 1 amide bonds. The minimum atomic E-state index is -1.58. The number of carboxylic acid groups (broad SMARTS) is 1. The summed E-state index contributed by atoms with van der Waals surface area (Å²) in [6, 6.07) is 12.3. The van der Waals surface area contributed by atoms with Gasteiger partial charge in [-0.1, -0.05) is 19.1 Å². The van der Waals surface area contributed by atoms with E-state index in [1.54, 1.807) is 10.6 Å². The molecule has 8 nitrogen and oxygen atoms in total. The molecule has 158 valence electrons. The molecule has 0 saturated carbocycles. The fourth-order valence-corrected chi connectivity index (χ4v) is 3.50. The number of allylic oxidation sites excluding steroid dienone is 1. The summed E-state index contributed by atoms with van der Waals surface area (Å²) >= 11 is 0. The maximum atomic E-state index is 12.9. The molecule has 1 aromatic heterocycles. The predicted molar refractivity (Wildman–Crippen MR) is 117 cm³/mol. The number of carbonyl (C=O) groups excluding carboxylic acids is 1. The number of nitrogens with zero attached hydrogens (tertiary/aromatic N) is 2. The molecule has 31 heavy (non-hydrogen) atoms. The lowest BCUT2D eigenvalue weighted by Crippen LogP contribution is -2.23. The van der Waals surface area contributed by atoms with Gasteiger partial charge in [0.05, 0.1) is 17.5 Å². The molecule has 2 heterocycles. The standard InChI is InChI=1S/C23H21N3O5/c1-2-11-31-17-6-3-14(4-7-17)12-15-9-10-26-20(15)25-19-13-16(24-21(27)23(29)30)5-8-18(19)22(26)28/h3-8,12-13H,2,9-11H2,1H3,(H,24,27)(H,29,30). The Morgan fingerprint density at radius 3 is 2.71 bits per heavy atom. The third kappa shape index (κ3) is 4.18. The van der Waals surface area contributed by atoms with Crippen LogP contribution < -0.4 is 15.6 Å². The van der Waals surface area contributed by atoms with Gasteiger partial charge in [-0.3, -0.25) is 14.2 Å². The molecule has 0 atom stereocenters. The Morgan fingerprint density at radius 2 is 2.00 bits per heavy atom. The average Bonchev–Trinajstić information content (AvgIpc) is 3.16. The number of hydrogen-bond acceptors (Lipinski definition) is 5. The number of fused-ring (bicyclic) bond motifs is 2. The zero-order chi connectivity index (χ0) is 22.0. The number of carboxylic acids is 1. The van der Waals surface area contributed by atoms with Crippen molar-refractivity contribution in [3.05, 3.63) is 64.2 Å². The molecule has 2 aromatic carbocycles. The van der Waals surface area contributed by atoms with Crippen LogP contribution in [0.5, 0.6) is 5.75 Å². The van der Waals surface area contributed by atoms with E-state index in [9.17, 15) is 14.4 Å². The fraction of sp³-hybridized carbons (Fsp3) is 0.217. The molecule has 0 radical (unpaired) electrons. The second-order valence-corrected chi connectivity index (χ2v) is 7.22. The zero-order valence-electron chi connectivity index (χ0n) is 16.9. The predicted octanol–water partition coefficient (Wildman–Crippen LogP) is 3.15. The Morgan fingerprint density at radius 1 is 1.23 bits per heavy atom. The number of carbonyl (C=O) groups is 2. The Hall–Kier alpha value is -3.94. The van der Waals surface area contributed by atoms with Crippen LogP contribution in [0.2, 0.25) is 0 Å². The lowest BCUT2D eigenvalue weighted by atomic mass is 10.1. The molecule has 0 unspecified atom stereocenters. The van der Waals surface area contributed by atoms with Crippen LogP contribution in [-0.4, -0.2) is 33.1 Å². The first kappa shape index (κ1) is 20.3. The van der Waals surface area contributed by atoms with E-state index in [0.717, 1.165) is 23.3 Å². The first-order valence-corrected chi connectivity index (χ1v) is 9.99. The smallest absolute Gasteiger partial charge is 0.394 e. The summed E-state index contributed by atoms with van der Waals surface area (Å²) in [5, 5.41) is 11.5. The van der Waals surface area contributed by atoms with Crippen LogP contribution >= 0.6 is 0 Å². The average molecular weight is 419 g/mol. The molecule has 0 aliphatic carbocycles. The van der Waals surface area contributed by atoms with Gasteiger partial charge in [-0.05, 0) is 60.4 Å². The molecule has 2 N–H and O–H groups in total. The summed E-state index contributed by atoms with van der Waals surface area (Å²) in [7, 11) is 0. The van der Waals surface area contributed by atoms with E-state index in [-0.39, 0.29) is 11.2 Å². The third-order valence-electron chi connectivity index (χ3n) is 4.99. The van der Waals surface area contributed by atoms with E-state index in [1.165, 1.54) is 12.1 Å². The number of benzene rings is 2. The van der Waals surface area contributed by atoms with Gasteiger partial charge in [0.2, 0.25) is 0 Å². The van der Waals surface area contributed by atoms with Crippen LogP contribution in [0.25, 0.3) is 22.6 Å². The van der Waals surface area contributed by atoms with Gasteiger partial charge in [0.15, 0.2) is 0 Å². The second kappa shape index (κ2) is 8.43.